The number of ether oxygens (including phenoxy) is 1. The number of rotatable bonds is 5. The zero-order valence-electron chi connectivity index (χ0n) is 10.3. The van der Waals surface area contributed by atoms with E-state index in [9.17, 15) is 4.79 Å². The second kappa shape index (κ2) is 6.97. The van der Waals surface area contributed by atoms with E-state index in [-0.39, 0.29) is 11.9 Å². The third-order valence-electron chi connectivity index (χ3n) is 2.31. The quantitative estimate of drug-likeness (QED) is 0.868. The maximum atomic E-state index is 11.7. The van der Waals surface area contributed by atoms with Crippen molar-refractivity contribution in [1.82, 2.24) is 0 Å². The minimum absolute atomic E-state index is 0.00347. The molecule has 4 nitrogen and oxygen atoms in total. The van der Waals surface area contributed by atoms with Crippen LogP contribution in [0.3, 0.4) is 0 Å². The fraction of sp³-hybridized carbons (Fsp3) is 0.417. The largest absolute Gasteiger partial charge is 0.493 e. The molecular weight excluding hydrogens is 320 g/mol. The van der Waals surface area contributed by atoms with Crippen LogP contribution in [-0.2, 0) is 4.79 Å². The number of nitrogens with two attached hydrogens (primary N) is 1. The van der Waals surface area contributed by atoms with Crippen LogP contribution in [0.4, 0.5) is 5.69 Å². The highest BCUT2D eigenvalue weighted by Gasteiger charge is 2.12. The van der Waals surface area contributed by atoms with E-state index >= 15 is 0 Å². The maximum absolute atomic E-state index is 11.7. The number of benzene rings is 1. The Hall–Kier alpha value is -0.780. The van der Waals surface area contributed by atoms with Crippen LogP contribution in [0.1, 0.15) is 19.8 Å². The van der Waals surface area contributed by atoms with E-state index in [0.29, 0.717) is 33.8 Å². The summed E-state index contributed by atoms with van der Waals surface area (Å²) in [6, 6.07) is 3.36. The standard InChI is InChI=1S/C12H16BrClN2O2/c1-7(15)3-4-11(17)16-10-6-8(14)5-9(13)12(10)18-2/h5-7H,3-4,15H2,1-2H3,(H,16,17). The average Bonchev–Trinajstić information content (AvgIpc) is 2.26. The van der Waals surface area contributed by atoms with Gasteiger partial charge in [-0.25, -0.2) is 0 Å². The summed E-state index contributed by atoms with van der Waals surface area (Å²) in [5.41, 5.74) is 6.15. The first-order valence-electron chi connectivity index (χ1n) is 5.52. The third kappa shape index (κ3) is 4.48. The van der Waals surface area contributed by atoms with Gasteiger partial charge in [0.25, 0.3) is 0 Å². The summed E-state index contributed by atoms with van der Waals surface area (Å²) in [5.74, 6) is 0.438. The molecule has 0 aliphatic rings. The lowest BCUT2D eigenvalue weighted by Gasteiger charge is -2.13. The molecule has 1 aromatic rings. The summed E-state index contributed by atoms with van der Waals surface area (Å²) in [4.78, 5) is 11.7. The van der Waals surface area contributed by atoms with Crippen LogP contribution in [0.15, 0.2) is 16.6 Å². The molecule has 0 bridgehead atoms. The Kier molecular flexibility index (Phi) is 5.91. The van der Waals surface area contributed by atoms with Gasteiger partial charge in [-0.15, -0.1) is 0 Å². The summed E-state index contributed by atoms with van der Waals surface area (Å²) in [5, 5.41) is 3.28. The lowest BCUT2D eigenvalue weighted by atomic mass is 10.2. The number of amides is 1. The van der Waals surface area contributed by atoms with E-state index in [1.807, 2.05) is 6.92 Å². The van der Waals surface area contributed by atoms with Crippen molar-refractivity contribution in [3.8, 4) is 5.75 Å². The van der Waals surface area contributed by atoms with Crippen LogP contribution < -0.4 is 15.8 Å². The topological polar surface area (TPSA) is 64.3 Å². The highest BCUT2D eigenvalue weighted by molar-refractivity contribution is 9.10. The molecule has 0 aliphatic heterocycles. The summed E-state index contributed by atoms with van der Waals surface area (Å²) in [7, 11) is 1.53. The monoisotopic (exact) mass is 334 g/mol. The van der Waals surface area contributed by atoms with E-state index in [1.165, 1.54) is 7.11 Å². The van der Waals surface area contributed by atoms with Crippen LogP contribution in [0.25, 0.3) is 0 Å². The fourth-order valence-corrected chi connectivity index (χ4v) is 2.40. The molecule has 0 heterocycles. The lowest BCUT2D eigenvalue weighted by Crippen LogP contribution is -2.19. The molecule has 18 heavy (non-hydrogen) atoms. The Morgan fingerprint density at radius 2 is 2.28 bits per heavy atom. The van der Waals surface area contributed by atoms with Crippen molar-refractivity contribution in [2.45, 2.75) is 25.8 Å². The summed E-state index contributed by atoms with van der Waals surface area (Å²) in [6.07, 6.45) is 1.00. The Balaban J connectivity index is 2.80. The van der Waals surface area contributed by atoms with Crippen molar-refractivity contribution in [2.24, 2.45) is 5.73 Å². The second-order valence-corrected chi connectivity index (χ2v) is 5.32. The first-order chi connectivity index (χ1) is 8.43. The Labute approximate surface area is 120 Å². The van der Waals surface area contributed by atoms with Gasteiger partial charge in [0.15, 0.2) is 5.75 Å². The number of anilines is 1. The van der Waals surface area contributed by atoms with Crippen LogP contribution in [0.2, 0.25) is 5.02 Å². The van der Waals surface area contributed by atoms with E-state index in [2.05, 4.69) is 21.2 Å². The highest BCUT2D eigenvalue weighted by atomic mass is 79.9. The molecule has 0 aliphatic carbocycles. The van der Waals surface area contributed by atoms with E-state index < -0.39 is 0 Å². The molecule has 0 fully saturated rings. The van der Waals surface area contributed by atoms with Crippen molar-refractivity contribution in [3.63, 3.8) is 0 Å². The van der Waals surface area contributed by atoms with Gasteiger partial charge >= 0.3 is 0 Å². The minimum atomic E-state index is -0.111. The molecular formula is C12H16BrClN2O2. The maximum Gasteiger partial charge on any atom is 0.224 e. The molecule has 1 rings (SSSR count). The Morgan fingerprint density at radius 1 is 1.61 bits per heavy atom. The van der Waals surface area contributed by atoms with Crippen molar-refractivity contribution in [2.75, 3.05) is 12.4 Å². The molecule has 0 saturated carbocycles. The molecule has 0 saturated heterocycles. The van der Waals surface area contributed by atoms with Crippen LogP contribution in [0.5, 0.6) is 5.75 Å². The van der Waals surface area contributed by atoms with Crippen molar-refractivity contribution >= 4 is 39.1 Å². The van der Waals surface area contributed by atoms with Gasteiger partial charge in [0, 0.05) is 17.5 Å². The van der Waals surface area contributed by atoms with E-state index in [0.717, 1.165) is 0 Å². The number of nitrogens with one attached hydrogen (secondary N) is 1. The van der Waals surface area contributed by atoms with Gasteiger partial charge < -0.3 is 15.8 Å². The molecule has 3 N–H and O–H groups in total. The second-order valence-electron chi connectivity index (χ2n) is 4.03. The number of halogens is 2. The van der Waals surface area contributed by atoms with Crippen LogP contribution >= 0.6 is 27.5 Å². The molecule has 1 atom stereocenters. The predicted octanol–water partition coefficient (Wildman–Crippen LogP) is 3.18. The Morgan fingerprint density at radius 3 is 2.83 bits per heavy atom. The third-order valence-corrected chi connectivity index (χ3v) is 3.12. The van der Waals surface area contributed by atoms with Gasteiger partial charge in [-0.1, -0.05) is 11.6 Å². The van der Waals surface area contributed by atoms with Gasteiger partial charge in [-0.05, 0) is 41.4 Å². The lowest BCUT2D eigenvalue weighted by molar-refractivity contribution is -0.116. The van der Waals surface area contributed by atoms with Gasteiger partial charge in [0.1, 0.15) is 0 Å². The molecule has 0 radical (unpaired) electrons. The first kappa shape index (κ1) is 15.3. The Bertz CT molecular complexity index is 438. The number of carbonyl (C=O) groups is 1. The molecule has 100 valence electrons. The van der Waals surface area contributed by atoms with Crippen molar-refractivity contribution < 1.29 is 9.53 Å². The van der Waals surface area contributed by atoms with E-state index in [4.69, 9.17) is 22.1 Å². The molecule has 0 spiro atoms. The first-order valence-corrected chi connectivity index (χ1v) is 6.69. The summed E-state index contributed by atoms with van der Waals surface area (Å²) >= 11 is 9.26. The number of carbonyl (C=O) groups excluding carboxylic acids is 1. The van der Waals surface area contributed by atoms with E-state index in [1.54, 1.807) is 12.1 Å². The molecule has 0 aromatic heterocycles. The number of hydrogen-bond donors (Lipinski definition) is 2. The summed E-state index contributed by atoms with van der Waals surface area (Å²) in [6.45, 7) is 1.86. The zero-order chi connectivity index (χ0) is 13.7. The molecule has 6 heteroatoms. The SMILES string of the molecule is COc1c(Br)cc(Cl)cc1NC(=O)CCC(C)N. The van der Waals surface area contributed by atoms with Gasteiger partial charge in [-0.3, -0.25) is 4.79 Å². The normalized spacial score (nSPS) is 12.1. The van der Waals surface area contributed by atoms with Gasteiger partial charge in [0.2, 0.25) is 5.91 Å². The fourth-order valence-electron chi connectivity index (χ4n) is 1.43. The van der Waals surface area contributed by atoms with Crippen LogP contribution in [-0.4, -0.2) is 19.1 Å². The van der Waals surface area contributed by atoms with Gasteiger partial charge in [-0.2, -0.15) is 0 Å². The van der Waals surface area contributed by atoms with Crippen molar-refractivity contribution in [1.29, 1.82) is 0 Å². The highest BCUT2D eigenvalue weighted by Crippen LogP contribution is 2.36. The number of methoxy groups -OCH3 is 1. The molecule has 1 unspecified atom stereocenters. The van der Waals surface area contributed by atoms with Crippen LogP contribution in [0, 0.1) is 0 Å². The molecule has 1 aromatic carbocycles. The number of hydrogen-bond acceptors (Lipinski definition) is 3. The van der Waals surface area contributed by atoms with Crippen molar-refractivity contribution in [3.05, 3.63) is 21.6 Å². The minimum Gasteiger partial charge on any atom is -0.493 e. The van der Waals surface area contributed by atoms with Gasteiger partial charge in [0.05, 0.1) is 17.3 Å². The predicted molar refractivity (Wildman–Crippen MR) is 77.2 cm³/mol. The smallest absolute Gasteiger partial charge is 0.224 e. The zero-order valence-corrected chi connectivity index (χ0v) is 12.6. The summed E-state index contributed by atoms with van der Waals surface area (Å²) < 4.78 is 5.91. The average molecular weight is 336 g/mol. The molecule has 1 amide bonds.